The maximum Gasteiger partial charge on any atom is 0.174 e. The first kappa shape index (κ1) is 17.5. The van der Waals surface area contributed by atoms with E-state index in [4.69, 9.17) is 16.6 Å². The summed E-state index contributed by atoms with van der Waals surface area (Å²) in [6, 6.07) is 18.1. The summed E-state index contributed by atoms with van der Waals surface area (Å²) < 4.78 is 6.00. The minimum absolute atomic E-state index is 0.0854. The van der Waals surface area contributed by atoms with Gasteiger partial charge in [0.2, 0.25) is 0 Å². The monoisotopic (exact) mass is 378 g/mol. The number of pyridine rings is 1. The molecule has 3 heterocycles. The number of thiocarbonyl (C=S) groups is 1. The molecule has 27 heavy (non-hydrogen) atoms. The molecule has 0 saturated carbocycles. The van der Waals surface area contributed by atoms with Crippen molar-refractivity contribution >= 4 is 28.7 Å². The summed E-state index contributed by atoms with van der Waals surface area (Å²) in [4.78, 5) is 8.74. The second-order valence-corrected chi connectivity index (χ2v) is 7.24. The Labute approximate surface area is 164 Å². The number of nitrogens with zero attached hydrogens (tertiary/aromatic N) is 3. The van der Waals surface area contributed by atoms with Gasteiger partial charge in [-0.2, -0.15) is 0 Å². The van der Waals surface area contributed by atoms with Gasteiger partial charge in [0.05, 0.1) is 11.7 Å². The number of aryl methyl sites for hydroxylation is 1. The Morgan fingerprint density at radius 2 is 1.85 bits per heavy atom. The molecule has 138 valence electrons. The summed E-state index contributed by atoms with van der Waals surface area (Å²) in [6.07, 6.45) is 1.80. The summed E-state index contributed by atoms with van der Waals surface area (Å²) in [7, 11) is 4.06. The van der Waals surface area contributed by atoms with Crippen LogP contribution in [0.5, 0.6) is 0 Å². The van der Waals surface area contributed by atoms with E-state index in [0.717, 1.165) is 28.6 Å². The molecule has 1 fully saturated rings. The number of hydrogen-bond acceptors (Lipinski definition) is 4. The Bertz CT molecular complexity index is 936. The third-order valence-electron chi connectivity index (χ3n) is 4.80. The van der Waals surface area contributed by atoms with Crippen molar-refractivity contribution in [3.05, 3.63) is 78.0 Å². The molecule has 6 heteroatoms. The first-order valence-corrected chi connectivity index (χ1v) is 9.30. The minimum atomic E-state index is -0.105. The van der Waals surface area contributed by atoms with Crippen LogP contribution in [0, 0.1) is 6.92 Å². The first-order chi connectivity index (χ1) is 13.0. The summed E-state index contributed by atoms with van der Waals surface area (Å²) in [5.41, 5.74) is 3.10. The van der Waals surface area contributed by atoms with Gasteiger partial charge in [-0.3, -0.25) is 4.98 Å². The van der Waals surface area contributed by atoms with E-state index >= 15 is 0 Å². The quantitative estimate of drug-likeness (QED) is 0.686. The molecule has 0 spiro atoms. The molecular formula is C21H22N4OS. The number of anilines is 2. The second-order valence-electron chi connectivity index (χ2n) is 6.86. The lowest BCUT2D eigenvalue weighted by Gasteiger charge is -2.26. The largest absolute Gasteiger partial charge is 0.464 e. The van der Waals surface area contributed by atoms with E-state index in [-0.39, 0.29) is 12.1 Å². The van der Waals surface area contributed by atoms with Crippen LogP contribution in [0.25, 0.3) is 0 Å². The van der Waals surface area contributed by atoms with Crippen LogP contribution in [-0.2, 0) is 0 Å². The van der Waals surface area contributed by atoms with Crippen molar-refractivity contribution in [1.82, 2.24) is 10.3 Å². The lowest BCUT2D eigenvalue weighted by Crippen LogP contribution is -2.29. The molecule has 2 atom stereocenters. The van der Waals surface area contributed by atoms with Crippen molar-refractivity contribution < 1.29 is 4.42 Å². The third-order valence-corrected chi connectivity index (χ3v) is 5.11. The van der Waals surface area contributed by atoms with E-state index in [1.807, 2.05) is 51.4 Å². The Morgan fingerprint density at radius 1 is 1.07 bits per heavy atom. The smallest absolute Gasteiger partial charge is 0.174 e. The third kappa shape index (κ3) is 3.28. The van der Waals surface area contributed by atoms with Crippen LogP contribution in [0.2, 0.25) is 0 Å². The standard InChI is InChI=1S/C21H22N4OS/c1-14-7-12-18(26-14)20-19(17-6-4-5-13-22-17)23-21(27)25(20)16-10-8-15(9-11-16)24(2)3/h4-13,19-20H,1-3H3,(H,23,27)/t19-,20+/m0/s1. The molecule has 1 aliphatic heterocycles. The Hall–Kier alpha value is -2.86. The van der Waals surface area contributed by atoms with Crippen molar-refractivity contribution in [2.45, 2.75) is 19.0 Å². The molecule has 4 rings (SSSR count). The summed E-state index contributed by atoms with van der Waals surface area (Å²) in [5, 5.41) is 4.11. The van der Waals surface area contributed by atoms with Gasteiger partial charge in [0.25, 0.3) is 0 Å². The molecule has 0 unspecified atom stereocenters. The van der Waals surface area contributed by atoms with E-state index in [1.54, 1.807) is 6.20 Å². The van der Waals surface area contributed by atoms with Gasteiger partial charge in [0.1, 0.15) is 17.6 Å². The molecule has 0 aliphatic carbocycles. The Kier molecular flexibility index (Phi) is 4.58. The van der Waals surface area contributed by atoms with Crippen LogP contribution >= 0.6 is 12.2 Å². The van der Waals surface area contributed by atoms with E-state index < -0.39 is 0 Å². The van der Waals surface area contributed by atoms with E-state index in [1.165, 1.54) is 0 Å². The topological polar surface area (TPSA) is 44.5 Å². The van der Waals surface area contributed by atoms with Crippen LogP contribution in [0.4, 0.5) is 11.4 Å². The highest BCUT2D eigenvalue weighted by molar-refractivity contribution is 7.80. The lowest BCUT2D eigenvalue weighted by atomic mass is 10.0. The number of aromatic nitrogens is 1. The number of furan rings is 1. The van der Waals surface area contributed by atoms with E-state index in [0.29, 0.717) is 5.11 Å². The average molecular weight is 379 g/mol. The summed E-state index contributed by atoms with van der Waals surface area (Å²) >= 11 is 5.70. The van der Waals surface area contributed by atoms with Gasteiger partial charge >= 0.3 is 0 Å². The van der Waals surface area contributed by atoms with Crippen molar-refractivity contribution in [1.29, 1.82) is 0 Å². The van der Waals surface area contributed by atoms with Gasteiger partial charge in [-0.05, 0) is 67.7 Å². The zero-order valence-electron chi connectivity index (χ0n) is 15.6. The van der Waals surface area contributed by atoms with E-state index in [9.17, 15) is 0 Å². The highest BCUT2D eigenvalue weighted by Gasteiger charge is 2.42. The van der Waals surface area contributed by atoms with Gasteiger partial charge in [-0.15, -0.1) is 0 Å². The highest BCUT2D eigenvalue weighted by atomic mass is 32.1. The Balaban J connectivity index is 1.78. The summed E-state index contributed by atoms with van der Waals surface area (Å²) in [5.74, 6) is 1.75. The Morgan fingerprint density at radius 3 is 2.44 bits per heavy atom. The number of rotatable bonds is 4. The molecule has 1 aromatic carbocycles. The van der Waals surface area contributed by atoms with Gasteiger partial charge in [0.15, 0.2) is 5.11 Å². The van der Waals surface area contributed by atoms with Crippen LogP contribution in [0.1, 0.15) is 29.3 Å². The highest BCUT2D eigenvalue weighted by Crippen LogP contribution is 2.42. The minimum Gasteiger partial charge on any atom is -0.464 e. The maximum atomic E-state index is 6.00. The van der Waals surface area contributed by atoms with Crippen molar-refractivity contribution in [2.24, 2.45) is 0 Å². The fourth-order valence-electron chi connectivity index (χ4n) is 3.45. The van der Waals surface area contributed by atoms with Gasteiger partial charge in [-0.25, -0.2) is 0 Å². The number of nitrogens with one attached hydrogen (secondary N) is 1. The molecule has 2 aromatic heterocycles. The lowest BCUT2D eigenvalue weighted by molar-refractivity contribution is 0.418. The molecule has 3 aromatic rings. The zero-order chi connectivity index (χ0) is 19.0. The zero-order valence-corrected chi connectivity index (χ0v) is 16.4. The average Bonchev–Trinajstić information content (AvgIpc) is 3.25. The van der Waals surface area contributed by atoms with Gasteiger partial charge in [-0.1, -0.05) is 6.07 Å². The van der Waals surface area contributed by atoms with Crippen LogP contribution in [0.3, 0.4) is 0 Å². The van der Waals surface area contributed by atoms with Crippen molar-refractivity contribution in [3.63, 3.8) is 0 Å². The fraction of sp³-hybridized carbons (Fsp3) is 0.238. The predicted octanol–water partition coefficient (Wildman–Crippen LogP) is 4.23. The maximum absolute atomic E-state index is 6.00. The van der Waals surface area contributed by atoms with Crippen molar-refractivity contribution in [3.8, 4) is 0 Å². The second kappa shape index (κ2) is 7.04. The normalized spacial score (nSPS) is 19.2. The molecule has 0 bridgehead atoms. The molecule has 1 saturated heterocycles. The molecular weight excluding hydrogens is 356 g/mol. The molecule has 0 radical (unpaired) electrons. The summed E-state index contributed by atoms with van der Waals surface area (Å²) in [6.45, 7) is 1.95. The predicted molar refractivity (Wildman–Crippen MR) is 112 cm³/mol. The molecule has 1 aliphatic rings. The fourth-order valence-corrected chi connectivity index (χ4v) is 3.79. The first-order valence-electron chi connectivity index (χ1n) is 8.89. The molecule has 0 amide bonds. The molecule has 1 N–H and O–H groups in total. The van der Waals surface area contributed by atoms with Crippen LogP contribution < -0.4 is 15.1 Å². The molecule has 5 nitrogen and oxygen atoms in total. The van der Waals surface area contributed by atoms with Crippen molar-refractivity contribution in [2.75, 3.05) is 23.9 Å². The van der Waals surface area contributed by atoms with E-state index in [2.05, 4.69) is 44.4 Å². The van der Waals surface area contributed by atoms with Gasteiger partial charge < -0.3 is 19.5 Å². The van der Waals surface area contributed by atoms with Gasteiger partial charge in [0, 0.05) is 31.7 Å². The van der Waals surface area contributed by atoms with Crippen LogP contribution in [0.15, 0.2) is 65.2 Å². The number of benzene rings is 1. The van der Waals surface area contributed by atoms with Crippen LogP contribution in [-0.4, -0.2) is 24.2 Å². The SMILES string of the molecule is Cc1ccc([C@@H]2[C@H](c3ccccn3)NC(=S)N2c2ccc(N(C)C)cc2)o1. The number of hydrogen-bond donors (Lipinski definition) is 1.